The number of nitrogens with zero attached hydrogens (tertiary/aromatic N) is 3. The third-order valence-corrected chi connectivity index (χ3v) is 7.73. The molecule has 1 saturated heterocycles. The van der Waals surface area contributed by atoms with Crippen LogP contribution < -0.4 is 15.4 Å². The normalized spacial score (nSPS) is 18.4. The minimum Gasteiger partial charge on any atom is -0.350 e. The van der Waals surface area contributed by atoms with Crippen LogP contribution in [0.25, 0.3) is 22.3 Å². The molecule has 3 heterocycles. The van der Waals surface area contributed by atoms with Crippen LogP contribution in [0, 0.1) is 11.7 Å². The number of hydrogen-bond acceptors (Lipinski definition) is 7. The molecular weight excluding hydrogens is 562 g/mol. The van der Waals surface area contributed by atoms with Crippen LogP contribution in [0.1, 0.15) is 38.2 Å². The minimum absolute atomic E-state index is 0.0453. The zero-order valence-electron chi connectivity index (χ0n) is 21.6. The Balaban J connectivity index is 1.58. The number of alkyl halides is 5. The Morgan fingerprint density at radius 3 is 2.52 bits per heavy atom. The SMILES string of the molecule is CC(C)c1cc(-c2ccc(NS(=O)(=O)CCC(F)(F)F)c(F)c2)nc2cnc(N[C@@H]3CNC[C@H](C(F)F)C3)nc12. The third-order valence-electron chi connectivity index (χ3n) is 6.46. The standard InChI is InChI=1S/C25H28F6N6O2S/c1-13(2)17-9-20(14-3-4-19(18(26)8-14)37-40(38,39)6-5-25(29,30)31)35-21-12-33-24(36-22(17)21)34-16-7-15(23(27)28)10-32-11-16/h3-4,8-9,12-13,15-16,23,32,37H,5-7,10-11H2,1-2H3,(H,33,34,36)/t15-,16+/m1/s1. The number of rotatable bonds is 9. The van der Waals surface area contributed by atoms with Crippen LogP contribution in [0.3, 0.4) is 0 Å². The van der Waals surface area contributed by atoms with Crippen LogP contribution in [0.5, 0.6) is 0 Å². The van der Waals surface area contributed by atoms with Gasteiger partial charge in [-0.15, -0.1) is 0 Å². The van der Waals surface area contributed by atoms with E-state index in [-0.39, 0.29) is 30.9 Å². The summed E-state index contributed by atoms with van der Waals surface area (Å²) in [6, 6.07) is 4.97. The van der Waals surface area contributed by atoms with Crippen molar-refractivity contribution in [1.29, 1.82) is 0 Å². The van der Waals surface area contributed by atoms with Crippen molar-refractivity contribution < 1.29 is 34.8 Å². The number of hydrogen-bond donors (Lipinski definition) is 3. The molecule has 0 bridgehead atoms. The summed E-state index contributed by atoms with van der Waals surface area (Å²) < 4.78 is 104. The molecular formula is C25H28F6N6O2S. The van der Waals surface area contributed by atoms with E-state index in [0.29, 0.717) is 28.8 Å². The highest BCUT2D eigenvalue weighted by Crippen LogP contribution is 2.31. The number of nitrogens with one attached hydrogen (secondary N) is 3. The highest BCUT2D eigenvalue weighted by atomic mass is 32.2. The molecule has 0 saturated carbocycles. The second-order valence-corrected chi connectivity index (χ2v) is 11.8. The second kappa shape index (κ2) is 11.7. The second-order valence-electron chi connectivity index (χ2n) is 9.99. The van der Waals surface area contributed by atoms with E-state index in [1.165, 1.54) is 12.3 Å². The monoisotopic (exact) mass is 590 g/mol. The van der Waals surface area contributed by atoms with Gasteiger partial charge in [-0.05, 0) is 36.1 Å². The Labute approximate surface area is 227 Å². The first kappa shape index (κ1) is 29.8. The van der Waals surface area contributed by atoms with Crippen molar-refractivity contribution >= 4 is 32.7 Å². The lowest BCUT2D eigenvalue weighted by Gasteiger charge is -2.30. The number of anilines is 2. The van der Waals surface area contributed by atoms with Crippen molar-refractivity contribution in [1.82, 2.24) is 20.3 Å². The first-order chi connectivity index (χ1) is 18.7. The topological polar surface area (TPSA) is 109 Å². The highest BCUT2D eigenvalue weighted by molar-refractivity contribution is 7.92. The summed E-state index contributed by atoms with van der Waals surface area (Å²) in [7, 11) is -4.43. The van der Waals surface area contributed by atoms with E-state index in [0.717, 1.165) is 17.7 Å². The number of piperidine rings is 1. The fourth-order valence-electron chi connectivity index (χ4n) is 4.39. The molecule has 3 N–H and O–H groups in total. The van der Waals surface area contributed by atoms with E-state index >= 15 is 0 Å². The number of benzene rings is 1. The number of sulfonamides is 1. The number of halogens is 6. The quantitative estimate of drug-likeness (QED) is 0.290. The summed E-state index contributed by atoms with van der Waals surface area (Å²) in [6.45, 7) is 4.57. The molecule has 0 unspecified atom stereocenters. The van der Waals surface area contributed by atoms with Crippen LogP contribution in [0.15, 0.2) is 30.5 Å². The van der Waals surface area contributed by atoms with Crippen molar-refractivity contribution in [2.75, 3.05) is 28.9 Å². The largest absolute Gasteiger partial charge is 0.390 e. The molecule has 2 atom stereocenters. The summed E-state index contributed by atoms with van der Waals surface area (Å²) in [5.41, 5.74) is 1.85. The van der Waals surface area contributed by atoms with Gasteiger partial charge in [-0.1, -0.05) is 19.9 Å². The molecule has 1 aliphatic rings. The van der Waals surface area contributed by atoms with Gasteiger partial charge in [0.1, 0.15) is 11.3 Å². The van der Waals surface area contributed by atoms with Crippen LogP contribution in [0.2, 0.25) is 0 Å². The zero-order chi connectivity index (χ0) is 29.2. The molecule has 0 spiro atoms. The Bertz CT molecular complexity index is 1470. The predicted molar refractivity (Wildman–Crippen MR) is 139 cm³/mol. The lowest BCUT2D eigenvalue weighted by molar-refractivity contribution is -0.129. The van der Waals surface area contributed by atoms with Crippen LogP contribution in [0.4, 0.5) is 38.0 Å². The molecule has 0 radical (unpaired) electrons. The third kappa shape index (κ3) is 7.50. The van der Waals surface area contributed by atoms with Gasteiger partial charge in [0.25, 0.3) is 0 Å². The summed E-state index contributed by atoms with van der Waals surface area (Å²) in [5.74, 6) is -2.78. The van der Waals surface area contributed by atoms with Gasteiger partial charge in [-0.25, -0.2) is 36.5 Å². The first-order valence-corrected chi connectivity index (χ1v) is 14.2. The zero-order valence-corrected chi connectivity index (χ0v) is 22.4. The van der Waals surface area contributed by atoms with Crippen molar-refractivity contribution in [2.24, 2.45) is 5.92 Å². The lowest BCUT2D eigenvalue weighted by Crippen LogP contribution is -2.45. The van der Waals surface area contributed by atoms with Gasteiger partial charge in [0.05, 0.1) is 35.3 Å². The molecule has 3 aromatic rings. The number of fused-ring (bicyclic) bond motifs is 1. The molecule has 1 fully saturated rings. The lowest BCUT2D eigenvalue weighted by atomic mass is 9.96. The average Bonchev–Trinajstić information content (AvgIpc) is 2.88. The molecule has 15 heteroatoms. The molecule has 1 aliphatic heterocycles. The van der Waals surface area contributed by atoms with E-state index in [9.17, 15) is 34.8 Å². The van der Waals surface area contributed by atoms with Crippen LogP contribution >= 0.6 is 0 Å². The molecule has 4 rings (SSSR count). The Hall–Kier alpha value is -3.20. The smallest absolute Gasteiger partial charge is 0.350 e. The maximum atomic E-state index is 14.8. The molecule has 218 valence electrons. The van der Waals surface area contributed by atoms with Gasteiger partial charge in [0, 0.05) is 30.6 Å². The van der Waals surface area contributed by atoms with E-state index < -0.39 is 52.2 Å². The molecule has 0 aliphatic carbocycles. The van der Waals surface area contributed by atoms with Gasteiger partial charge in [-0.2, -0.15) is 13.2 Å². The molecule has 8 nitrogen and oxygen atoms in total. The van der Waals surface area contributed by atoms with Gasteiger partial charge in [-0.3, -0.25) is 4.72 Å². The highest BCUT2D eigenvalue weighted by Gasteiger charge is 2.31. The maximum Gasteiger partial charge on any atom is 0.390 e. The first-order valence-electron chi connectivity index (χ1n) is 12.5. The summed E-state index contributed by atoms with van der Waals surface area (Å²) in [6.07, 6.45) is -6.93. The Kier molecular flexibility index (Phi) is 8.73. The minimum atomic E-state index is -4.67. The van der Waals surface area contributed by atoms with E-state index in [2.05, 4.69) is 25.6 Å². The van der Waals surface area contributed by atoms with Crippen molar-refractivity contribution in [2.45, 2.75) is 51.3 Å². The molecule has 0 amide bonds. The number of pyridine rings is 1. The fourth-order valence-corrected chi connectivity index (χ4v) is 5.49. The average molecular weight is 591 g/mol. The van der Waals surface area contributed by atoms with Crippen LogP contribution in [-0.4, -0.2) is 60.9 Å². The Morgan fingerprint density at radius 1 is 1.12 bits per heavy atom. The van der Waals surface area contributed by atoms with E-state index in [1.54, 1.807) is 6.07 Å². The molecule has 2 aromatic heterocycles. The van der Waals surface area contributed by atoms with Crippen LogP contribution in [-0.2, 0) is 10.0 Å². The van der Waals surface area contributed by atoms with Gasteiger partial charge < -0.3 is 10.6 Å². The van der Waals surface area contributed by atoms with Crippen molar-refractivity contribution in [3.63, 3.8) is 0 Å². The maximum absolute atomic E-state index is 14.8. The van der Waals surface area contributed by atoms with Crippen molar-refractivity contribution in [3.8, 4) is 11.3 Å². The summed E-state index contributed by atoms with van der Waals surface area (Å²) in [5, 5.41) is 6.09. The molecule has 1 aromatic carbocycles. The van der Waals surface area contributed by atoms with Gasteiger partial charge in [0.15, 0.2) is 0 Å². The molecule has 40 heavy (non-hydrogen) atoms. The predicted octanol–water partition coefficient (Wildman–Crippen LogP) is 5.30. The van der Waals surface area contributed by atoms with E-state index in [4.69, 9.17) is 0 Å². The van der Waals surface area contributed by atoms with Gasteiger partial charge >= 0.3 is 6.18 Å². The summed E-state index contributed by atoms with van der Waals surface area (Å²) in [4.78, 5) is 13.4. The summed E-state index contributed by atoms with van der Waals surface area (Å²) >= 11 is 0. The fraction of sp³-hybridized carbons (Fsp3) is 0.480. The van der Waals surface area contributed by atoms with Crippen molar-refractivity contribution in [3.05, 3.63) is 41.8 Å². The Morgan fingerprint density at radius 2 is 1.88 bits per heavy atom. The number of aromatic nitrogens is 3. The van der Waals surface area contributed by atoms with E-state index in [1.807, 2.05) is 18.6 Å². The van der Waals surface area contributed by atoms with Gasteiger partial charge in [0.2, 0.25) is 22.4 Å².